The third-order valence-electron chi connectivity index (χ3n) is 9.46. The second kappa shape index (κ2) is 12.7. The van der Waals surface area contributed by atoms with Gasteiger partial charge in [-0.3, -0.25) is 4.98 Å². The monoisotopic (exact) mass is 639 g/mol. The van der Waals surface area contributed by atoms with E-state index in [2.05, 4.69) is 198 Å². The van der Waals surface area contributed by atoms with Gasteiger partial charge in [0.1, 0.15) is 0 Å². The van der Waals surface area contributed by atoms with Crippen molar-refractivity contribution < 1.29 is 0 Å². The molecule has 0 radical (unpaired) electrons. The Hall–Kier alpha value is -6.71. The number of rotatable bonds is 7. The van der Waals surface area contributed by atoms with E-state index in [0.717, 1.165) is 55.8 Å². The summed E-state index contributed by atoms with van der Waals surface area (Å²) in [6, 6.07) is 69.1. The lowest BCUT2D eigenvalue weighted by molar-refractivity contribution is 1.18. The van der Waals surface area contributed by atoms with Crippen LogP contribution in [-0.4, -0.2) is 9.55 Å². The summed E-state index contributed by atoms with van der Waals surface area (Å²) in [5, 5.41) is 1.16. The maximum atomic E-state index is 4.73. The molecule has 2 aromatic heterocycles. The Morgan fingerprint density at radius 3 is 1.40 bits per heavy atom. The largest absolute Gasteiger partial charge is 0.311 e. The number of benzene rings is 7. The van der Waals surface area contributed by atoms with Gasteiger partial charge in [0.2, 0.25) is 0 Å². The zero-order valence-corrected chi connectivity index (χ0v) is 27.4. The summed E-state index contributed by atoms with van der Waals surface area (Å²) < 4.78 is 2.31. The summed E-state index contributed by atoms with van der Waals surface area (Å²) in [6.07, 6.45) is 1.87. The van der Waals surface area contributed by atoms with E-state index < -0.39 is 0 Å². The highest BCUT2D eigenvalue weighted by Crippen LogP contribution is 2.38. The molecule has 0 aliphatic heterocycles. The quantitative estimate of drug-likeness (QED) is 0.173. The average Bonchev–Trinajstić information content (AvgIpc) is 3.54. The summed E-state index contributed by atoms with van der Waals surface area (Å²) in [7, 11) is 0. The van der Waals surface area contributed by atoms with E-state index in [-0.39, 0.29) is 0 Å². The Balaban J connectivity index is 1.09. The minimum absolute atomic E-state index is 1.02. The van der Waals surface area contributed by atoms with Gasteiger partial charge >= 0.3 is 0 Å². The first-order valence-corrected chi connectivity index (χ1v) is 17.0. The van der Waals surface area contributed by atoms with Crippen molar-refractivity contribution in [1.29, 1.82) is 0 Å². The van der Waals surface area contributed by atoms with E-state index in [9.17, 15) is 0 Å². The highest BCUT2D eigenvalue weighted by atomic mass is 15.1. The van der Waals surface area contributed by atoms with Crippen LogP contribution in [-0.2, 0) is 0 Å². The smallest absolute Gasteiger partial charge is 0.0963 e. The summed E-state index contributed by atoms with van der Waals surface area (Å²) in [6.45, 7) is 0. The lowest BCUT2D eigenvalue weighted by Crippen LogP contribution is -2.09. The average molecular weight is 640 g/mol. The SMILES string of the molecule is c1ccc(-c2ccc(N(c3ccc(-c4ccccc4)cc3)c3ccc(-c4cccc(-n5c6ccccc6c6ncccc65)c4)cc3)cc2)cc1. The molecule has 50 heavy (non-hydrogen) atoms. The number of anilines is 3. The van der Waals surface area contributed by atoms with E-state index in [1.165, 1.54) is 22.3 Å². The van der Waals surface area contributed by atoms with E-state index in [4.69, 9.17) is 4.98 Å². The Morgan fingerprint density at radius 2 is 0.820 bits per heavy atom. The summed E-state index contributed by atoms with van der Waals surface area (Å²) >= 11 is 0. The minimum Gasteiger partial charge on any atom is -0.311 e. The first kappa shape index (κ1) is 29.4. The lowest BCUT2D eigenvalue weighted by Gasteiger charge is -2.26. The van der Waals surface area contributed by atoms with Gasteiger partial charge in [0.25, 0.3) is 0 Å². The highest BCUT2D eigenvalue weighted by molar-refractivity contribution is 6.07. The number of fused-ring (bicyclic) bond motifs is 3. The molecule has 0 aliphatic carbocycles. The van der Waals surface area contributed by atoms with E-state index in [0.29, 0.717) is 0 Å². The van der Waals surface area contributed by atoms with Gasteiger partial charge < -0.3 is 9.47 Å². The first-order valence-electron chi connectivity index (χ1n) is 17.0. The standard InChI is InChI=1S/C47H33N3/c1-3-11-34(12-4-1)36-20-26-40(27-21-36)49(41-28-22-37(23-29-41)35-13-5-2-6-14-35)42-30-24-38(25-31-42)39-15-9-16-43(33-39)50-45-18-8-7-17-44(45)47-46(50)19-10-32-48-47/h1-33H. The van der Waals surface area contributed by atoms with Crippen LogP contribution in [0.4, 0.5) is 17.1 Å². The van der Waals surface area contributed by atoms with Crippen molar-refractivity contribution >= 4 is 39.0 Å². The molecule has 0 amide bonds. The molecule has 3 heteroatoms. The predicted molar refractivity (Wildman–Crippen MR) is 210 cm³/mol. The fourth-order valence-electron chi connectivity index (χ4n) is 7.00. The molecular formula is C47H33N3. The molecular weight excluding hydrogens is 607 g/mol. The highest BCUT2D eigenvalue weighted by Gasteiger charge is 2.15. The Bertz CT molecular complexity index is 2420. The van der Waals surface area contributed by atoms with Crippen LogP contribution in [0.5, 0.6) is 0 Å². The lowest BCUT2D eigenvalue weighted by atomic mass is 10.0. The number of nitrogens with zero attached hydrogens (tertiary/aromatic N) is 3. The van der Waals surface area contributed by atoms with Gasteiger partial charge in [-0.25, -0.2) is 0 Å². The summed E-state index contributed by atoms with van der Waals surface area (Å²) in [5.74, 6) is 0. The molecule has 7 aromatic carbocycles. The van der Waals surface area contributed by atoms with Crippen LogP contribution in [0.25, 0.3) is 61.0 Å². The molecule has 0 saturated carbocycles. The first-order chi connectivity index (χ1) is 24.8. The van der Waals surface area contributed by atoms with Crippen LogP contribution in [0.1, 0.15) is 0 Å². The molecule has 2 heterocycles. The maximum Gasteiger partial charge on any atom is 0.0963 e. The molecule has 0 spiro atoms. The normalized spacial score (nSPS) is 11.2. The van der Waals surface area contributed by atoms with E-state index in [1.807, 2.05) is 12.3 Å². The van der Waals surface area contributed by atoms with Crippen LogP contribution in [0.3, 0.4) is 0 Å². The molecule has 0 saturated heterocycles. The number of aromatic nitrogens is 2. The Labute approximate surface area is 292 Å². The number of hydrogen-bond donors (Lipinski definition) is 0. The minimum atomic E-state index is 1.02. The van der Waals surface area contributed by atoms with Gasteiger partial charge in [-0.1, -0.05) is 127 Å². The van der Waals surface area contributed by atoms with Crippen molar-refractivity contribution in [1.82, 2.24) is 9.55 Å². The molecule has 3 nitrogen and oxygen atoms in total. The van der Waals surface area contributed by atoms with Crippen LogP contribution in [0, 0.1) is 0 Å². The second-order valence-electron chi connectivity index (χ2n) is 12.5. The van der Waals surface area contributed by atoms with Crippen molar-refractivity contribution in [2.24, 2.45) is 0 Å². The van der Waals surface area contributed by atoms with Crippen molar-refractivity contribution in [2.75, 3.05) is 4.90 Å². The summed E-state index contributed by atoms with van der Waals surface area (Å²) in [5.41, 5.74) is 14.8. The van der Waals surface area contributed by atoms with Crippen molar-refractivity contribution in [3.8, 4) is 39.1 Å². The van der Waals surface area contributed by atoms with Gasteiger partial charge in [0.05, 0.1) is 16.6 Å². The molecule has 0 bridgehead atoms. The van der Waals surface area contributed by atoms with Crippen LogP contribution >= 0.6 is 0 Å². The number of hydrogen-bond acceptors (Lipinski definition) is 2. The number of pyridine rings is 1. The van der Waals surface area contributed by atoms with E-state index in [1.54, 1.807) is 0 Å². The van der Waals surface area contributed by atoms with Crippen molar-refractivity contribution in [2.45, 2.75) is 0 Å². The third kappa shape index (κ3) is 5.41. The van der Waals surface area contributed by atoms with Gasteiger partial charge in [-0.05, 0) is 100 Å². The predicted octanol–water partition coefficient (Wildman–Crippen LogP) is 12.6. The zero-order valence-electron chi connectivity index (χ0n) is 27.4. The van der Waals surface area contributed by atoms with Gasteiger partial charge in [-0.2, -0.15) is 0 Å². The van der Waals surface area contributed by atoms with E-state index >= 15 is 0 Å². The second-order valence-corrected chi connectivity index (χ2v) is 12.5. The number of para-hydroxylation sites is 1. The molecule has 0 atom stereocenters. The van der Waals surface area contributed by atoms with Crippen molar-refractivity contribution in [3.05, 3.63) is 200 Å². The Morgan fingerprint density at radius 1 is 0.360 bits per heavy atom. The topological polar surface area (TPSA) is 21.1 Å². The van der Waals surface area contributed by atoms with Crippen LogP contribution in [0.15, 0.2) is 200 Å². The zero-order chi connectivity index (χ0) is 33.3. The summed E-state index contributed by atoms with van der Waals surface area (Å²) in [4.78, 5) is 7.06. The van der Waals surface area contributed by atoms with Gasteiger partial charge in [0.15, 0.2) is 0 Å². The third-order valence-corrected chi connectivity index (χ3v) is 9.46. The molecule has 0 unspecified atom stereocenters. The molecule has 0 aliphatic rings. The van der Waals surface area contributed by atoms with Crippen molar-refractivity contribution in [3.63, 3.8) is 0 Å². The van der Waals surface area contributed by atoms with Gasteiger partial charge in [-0.15, -0.1) is 0 Å². The van der Waals surface area contributed by atoms with Crippen LogP contribution in [0.2, 0.25) is 0 Å². The van der Waals surface area contributed by atoms with Gasteiger partial charge in [0, 0.05) is 34.3 Å². The fraction of sp³-hybridized carbons (Fsp3) is 0. The molecule has 0 fully saturated rings. The molecule has 9 aromatic rings. The molecule has 9 rings (SSSR count). The molecule has 0 N–H and O–H groups in total. The maximum absolute atomic E-state index is 4.73. The fourth-order valence-corrected chi connectivity index (χ4v) is 7.00. The molecule has 236 valence electrons. The van der Waals surface area contributed by atoms with Crippen LogP contribution < -0.4 is 4.90 Å². The Kier molecular flexibility index (Phi) is 7.49.